The summed E-state index contributed by atoms with van der Waals surface area (Å²) in [6.07, 6.45) is 1.50. The number of carbonyl (C=O) groups is 3. The maximum absolute atomic E-state index is 12.8. The molecule has 0 saturated heterocycles. The number of ketones is 1. The van der Waals surface area contributed by atoms with Gasteiger partial charge in [0.25, 0.3) is 0 Å². The van der Waals surface area contributed by atoms with Gasteiger partial charge in [-0.15, -0.1) is 0 Å². The van der Waals surface area contributed by atoms with Gasteiger partial charge in [0.15, 0.2) is 5.78 Å². The highest BCUT2D eigenvalue weighted by Crippen LogP contribution is 2.30. The quantitative estimate of drug-likeness (QED) is 0.160. The van der Waals surface area contributed by atoms with Crippen molar-refractivity contribution < 1.29 is 29.0 Å². The summed E-state index contributed by atoms with van der Waals surface area (Å²) in [5.41, 5.74) is 8.44. The van der Waals surface area contributed by atoms with Crippen LogP contribution in [0.2, 0.25) is 0 Å². The van der Waals surface area contributed by atoms with Gasteiger partial charge >= 0.3 is 6.09 Å². The molecule has 3 rings (SSSR count). The summed E-state index contributed by atoms with van der Waals surface area (Å²) >= 11 is 0. The number of rotatable bonds is 11. The molecule has 0 spiro atoms. The molecule has 5 N–H and O–H groups in total. The molecule has 0 aliphatic rings. The first-order chi connectivity index (χ1) is 18.3. The SMILES string of the molecule is CC(=O)c1ccc(NC(=O)O[C@H](c2cccc(OCCO)c2)[C@H](C)/C=C/C(=O)Nc2ccccc2N)cc1. The second-order valence-corrected chi connectivity index (χ2v) is 8.52. The first-order valence-corrected chi connectivity index (χ1v) is 12.0. The van der Waals surface area contributed by atoms with Crippen LogP contribution in [0.1, 0.15) is 35.9 Å². The van der Waals surface area contributed by atoms with Gasteiger partial charge in [0.05, 0.1) is 18.0 Å². The lowest BCUT2D eigenvalue weighted by molar-refractivity contribution is -0.111. The second kappa shape index (κ2) is 13.6. The van der Waals surface area contributed by atoms with Crippen molar-refractivity contribution in [2.45, 2.75) is 20.0 Å². The summed E-state index contributed by atoms with van der Waals surface area (Å²) in [5.74, 6) is -0.391. The van der Waals surface area contributed by atoms with E-state index in [9.17, 15) is 14.4 Å². The monoisotopic (exact) mass is 517 g/mol. The highest BCUT2D eigenvalue weighted by molar-refractivity contribution is 6.01. The van der Waals surface area contributed by atoms with E-state index in [1.54, 1.807) is 78.9 Å². The smallest absolute Gasteiger partial charge is 0.412 e. The molecule has 0 aromatic heterocycles. The number of anilines is 3. The lowest BCUT2D eigenvalue weighted by Gasteiger charge is -2.23. The minimum absolute atomic E-state index is 0.0814. The number of nitrogens with one attached hydrogen (secondary N) is 2. The molecule has 0 saturated carbocycles. The van der Waals surface area contributed by atoms with Crippen LogP contribution in [0.15, 0.2) is 84.9 Å². The number of para-hydroxylation sites is 2. The standard InChI is InChI=1S/C29H31N3O6/c1-19(10-15-27(35)32-26-9-4-3-8-25(26)30)28(22-6-5-7-24(18-22)37-17-16-33)38-29(36)31-23-13-11-21(12-14-23)20(2)34/h3-15,18-19,28,33H,16-17,30H2,1-2H3,(H,31,36)(H,32,35)/b15-10+/t19-,28+/m1/s1. The molecule has 9 nitrogen and oxygen atoms in total. The third kappa shape index (κ3) is 8.21. The minimum Gasteiger partial charge on any atom is -0.491 e. The maximum atomic E-state index is 12.8. The lowest BCUT2D eigenvalue weighted by Crippen LogP contribution is -2.21. The van der Waals surface area contributed by atoms with Crippen LogP contribution in [-0.2, 0) is 9.53 Å². The Morgan fingerprint density at radius 3 is 2.42 bits per heavy atom. The number of nitrogens with two attached hydrogens (primary N) is 1. The number of aliphatic hydroxyl groups is 1. The number of ether oxygens (including phenoxy) is 2. The van der Waals surface area contributed by atoms with E-state index in [0.29, 0.717) is 33.9 Å². The van der Waals surface area contributed by atoms with Crippen LogP contribution in [-0.4, -0.2) is 36.1 Å². The van der Waals surface area contributed by atoms with Crippen molar-refractivity contribution in [2.75, 3.05) is 29.6 Å². The van der Waals surface area contributed by atoms with Crippen LogP contribution in [0.5, 0.6) is 5.75 Å². The highest BCUT2D eigenvalue weighted by atomic mass is 16.6. The van der Waals surface area contributed by atoms with Gasteiger partial charge in [0.1, 0.15) is 18.5 Å². The van der Waals surface area contributed by atoms with E-state index in [0.717, 1.165) is 0 Å². The predicted octanol–water partition coefficient (Wildman–Crippen LogP) is 4.96. The molecule has 0 radical (unpaired) electrons. The molecule has 0 fully saturated rings. The van der Waals surface area contributed by atoms with E-state index in [1.807, 2.05) is 6.92 Å². The van der Waals surface area contributed by atoms with Crippen LogP contribution in [0.4, 0.5) is 21.9 Å². The van der Waals surface area contributed by atoms with Gasteiger partial charge in [0.2, 0.25) is 5.91 Å². The Kier molecular flexibility index (Phi) is 10.0. The molecule has 198 valence electrons. The molecular formula is C29H31N3O6. The van der Waals surface area contributed by atoms with E-state index in [1.165, 1.54) is 13.0 Å². The molecule has 3 aromatic rings. The first kappa shape index (κ1) is 27.9. The number of carbonyl (C=O) groups excluding carboxylic acids is 3. The molecule has 9 heteroatoms. The molecular weight excluding hydrogens is 486 g/mol. The van der Waals surface area contributed by atoms with E-state index in [4.69, 9.17) is 20.3 Å². The third-order valence-corrected chi connectivity index (χ3v) is 5.57. The summed E-state index contributed by atoms with van der Waals surface area (Å²) in [5, 5.41) is 14.5. The van der Waals surface area contributed by atoms with Gasteiger partial charge in [-0.25, -0.2) is 4.79 Å². The van der Waals surface area contributed by atoms with Crippen LogP contribution < -0.4 is 21.1 Å². The number of amides is 2. The molecule has 0 heterocycles. The van der Waals surface area contributed by atoms with Crippen LogP contribution in [0.25, 0.3) is 0 Å². The maximum Gasteiger partial charge on any atom is 0.412 e. The fourth-order valence-electron chi connectivity index (χ4n) is 3.60. The van der Waals surface area contributed by atoms with Crippen molar-refractivity contribution in [3.63, 3.8) is 0 Å². The number of hydrogen-bond acceptors (Lipinski definition) is 7. The van der Waals surface area contributed by atoms with Gasteiger partial charge < -0.3 is 25.6 Å². The summed E-state index contributed by atoms with van der Waals surface area (Å²) in [7, 11) is 0. The number of hydrogen-bond donors (Lipinski definition) is 4. The molecule has 2 atom stereocenters. The van der Waals surface area contributed by atoms with Gasteiger partial charge in [-0.05, 0) is 67.1 Å². The van der Waals surface area contributed by atoms with Crippen LogP contribution in [0, 0.1) is 5.92 Å². The Morgan fingerprint density at radius 2 is 1.74 bits per heavy atom. The Bertz CT molecular complexity index is 1290. The summed E-state index contributed by atoms with van der Waals surface area (Å²) in [6.45, 7) is 3.24. The summed E-state index contributed by atoms with van der Waals surface area (Å²) in [4.78, 5) is 36.8. The fraction of sp³-hybridized carbons (Fsp3) is 0.207. The van der Waals surface area contributed by atoms with E-state index >= 15 is 0 Å². The van der Waals surface area contributed by atoms with E-state index < -0.39 is 18.1 Å². The van der Waals surface area contributed by atoms with Crippen molar-refractivity contribution in [1.82, 2.24) is 0 Å². The second-order valence-electron chi connectivity index (χ2n) is 8.52. The zero-order valence-electron chi connectivity index (χ0n) is 21.2. The normalized spacial score (nSPS) is 12.4. The number of nitrogen functional groups attached to an aromatic ring is 1. The highest BCUT2D eigenvalue weighted by Gasteiger charge is 2.23. The average Bonchev–Trinajstić information content (AvgIpc) is 2.91. The number of aliphatic hydroxyl groups excluding tert-OH is 1. The Hall–Kier alpha value is -4.63. The molecule has 2 amide bonds. The number of Topliss-reactive ketones (excluding diaryl/α,β-unsaturated/α-hetero) is 1. The first-order valence-electron chi connectivity index (χ1n) is 12.0. The molecule has 0 aliphatic carbocycles. The fourth-order valence-corrected chi connectivity index (χ4v) is 3.60. The molecule has 3 aromatic carbocycles. The average molecular weight is 518 g/mol. The van der Waals surface area contributed by atoms with Crippen molar-refractivity contribution in [3.05, 3.63) is 96.1 Å². The van der Waals surface area contributed by atoms with Gasteiger partial charge in [-0.2, -0.15) is 0 Å². The van der Waals surface area contributed by atoms with Crippen molar-refractivity contribution in [1.29, 1.82) is 0 Å². The van der Waals surface area contributed by atoms with E-state index in [-0.39, 0.29) is 24.9 Å². The largest absolute Gasteiger partial charge is 0.491 e. The summed E-state index contributed by atoms with van der Waals surface area (Å²) < 4.78 is 11.3. The van der Waals surface area contributed by atoms with Crippen molar-refractivity contribution >= 4 is 34.8 Å². The third-order valence-electron chi connectivity index (χ3n) is 5.57. The van der Waals surface area contributed by atoms with Crippen LogP contribution in [0.3, 0.4) is 0 Å². The Morgan fingerprint density at radius 1 is 1.00 bits per heavy atom. The van der Waals surface area contributed by atoms with Gasteiger partial charge in [0, 0.05) is 17.2 Å². The zero-order valence-corrected chi connectivity index (χ0v) is 21.2. The Labute approximate surface area is 221 Å². The lowest BCUT2D eigenvalue weighted by atomic mass is 9.96. The predicted molar refractivity (Wildman–Crippen MR) is 146 cm³/mol. The van der Waals surface area contributed by atoms with Gasteiger partial charge in [-0.3, -0.25) is 14.9 Å². The molecule has 0 bridgehead atoms. The van der Waals surface area contributed by atoms with Crippen molar-refractivity contribution in [3.8, 4) is 5.75 Å². The molecule has 0 unspecified atom stereocenters. The topological polar surface area (TPSA) is 140 Å². The van der Waals surface area contributed by atoms with Gasteiger partial charge in [-0.1, -0.05) is 37.3 Å². The minimum atomic E-state index is -0.782. The van der Waals surface area contributed by atoms with Crippen molar-refractivity contribution in [2.24, 2.45) is 5.92 Å². The molecule has 38 heavy (non-hydrogen) atoms. The summed E-state index contributed by atoms with van der Waals surface area (Å²) in [6, 6.07) is 20.3. The number of benzene rings is 3. The van der Waals surface area contributed by atoms with Crippen LogP contribution >= 0.6 is 0 Å². The molecule has 0 aliphatic heterocycles. The zero-order chi connectivity index (χ0) is 27.5. The Balaban J connectivity index is 1.77. The van der Waals surface area contributed by atoms with E-state index in [2.05, 4.69) is 10.6 Å².